The van der Waals surface area contributed by atoms with Gasteiger partial charge in [-0.1, -0.05) is 0 Å². The molecular weight excluding hydrogens is 220 g/mol. The van der Waals surface area contributed by atoms with Gasteiger partial charge in [-0.15, -0.1) is 0 Å². The summed E-state index contributed by atoms with van der Waals surface area (Å²) in [5.41, 5.74) is 12.9. The molecule has 0 aliphatic carbocycles. The molecule has 4 N–H and O–H groups in total. The molecule has 0 spiro atoms. The zero-order valence-corrected chi connectivity index (χ0v) is 9.33. The molecule has 3 heterocycles. The van der Waals surface area contributed by atoms with Crippen LogP contribution in [0.15, 0.2) is 6.07 Å². The van der Waals surface area contributed by atoms with Crippen LogP contribution in [0.5, 0.6) is 0 Å². The predicted octanol–water partition coefficient (Wildman–Crippen LogP) is 0.183. The van der Waals surface area contributed by atoms with E-state index < -0.39 is 0 Å². The van der Waals surface area contributed by atoms with Crippen LogP contribution in [0.1, 0.15) is 24.5 Å². The van der Waals surface area contributed by atoms with E-state index in [1.165, 1.54) is 4.52 Å². The molecule has 17 heavy (non-hydrogen) atoms. The van der Waals surface area contributed by atoms with Gasteiger partial charge in [0.15, 0.2) is 5.65 Å². The molecule has 2 aromatic heterocycles. The van der Waals surface area contributed by atoms with E-state index in [9.17, 15) is 0 Å². The number of hydrogen-bond acceptors (Lipinski definition) is 6. The highest BCUT2D eigenvalue weighted by Crippen LogP contribution is 2.26. The molecule has 0 atom stereocenters. The molecule has 1 fully saturated rings. The van der Waals surface area contributed by atoms with Crippen LogP contribution in [0.2, 0.25) is 0 Å². The Bertz CT molecular complexity index is 545. The first kappa shape index (κ1) is 10.3. The second-order valence-electron chi connectivity index (χ2n) is 4.17. The lowest BCUT2D eigenvalue weighted by molar-refractivity contribution is 0.0844. The highest BCUT2D eigenvalue weighted by atomic mass is 16.5. The summed E-state index contributed by atoms with van der Waals surface area (Å²) in [6, 6.07) is 1.92. The molecule has 0 saturated carbocycles. The first-order chi connectivity index (χ1) is 8.24. The van der Waals surface area contributed by atoms with Crippen molar-refractivity contribution in [3.05, 3.63) is 11.8 Å². The molecule has 1 aliphatic rings. The highest BCUT2D eigenvalue weighted by Gasteiger charge is 2.20. The van der Waals surface area contributed by atoms with E-state index in [0.717, 1.165) is 31.7 Å². The minimum absolute atomic E-state index is 0.174. The molecule has 1 saturated heterocycles. The summed E-state index contributed by atoms with van der Waals surface area (Å²) in [6.45, 7) is 1.56. The van der Waals surface area contributed by atoms with Crippen molar-refractivity contribution in [2.45, 2.75) is 18.8 Å². The molecule has 0 unspecified atom stereocenters. The summed E-state index contributed by atoms with van der Waals surface area (Å²) >= 11 is 0. The van der Waals surface area contributed by atoms with Crippen molar-refractivity contribution < 1.29 is 4.74 Å². The van der Waals surface area contributed by atoms with E-state index in [1.54, 1.807) is 0 Å². The third-order valence-electron chi connectivity index (χ3n) is 3.02. The quantitative estimate of drug-likeness (QED) is 0.729. The maximum absolute atomic E-state index is 5.74. The van der Waals surface area contributed by atoms with Crippen molar-refractivity contribution in [2.75, 3.05) is 24.7 Å². The standard InChI is InChI=1S/C10H14N6O/c11-9-13-8-5-7(6-1-3-17-4-2-6)15-16(8)10(12)14-9/h5-6H,1-4H2,(H4,11,12,13,14). The largest absolute Gasteiger partial charge is 0.381 e. The van der Waals surface area contributed by atoms with Gasteiger partial charge in [0.1, 0.15) is 0 Å². The zero-order chi connectivity index (χ0) is 11.8. The molecule has 7 heteroatoms. The number of nitrogens with zero attached hydrogens (tertiary/aromatic N) is 4. The van der Waals surface area contributed by atoms with Crippen molar-refractivity contribution in [1.82, 2.24) is 19.6 Å². The Morgan fingerprint density at radius 1 is 1.24 bits per heavy atom. The van der Waals surface area contributed by atoms with E-state index >= 15 is 0 Å². The van der Waals surface area contributed by atoms with E-state index in [0.29, 0.717) is 11.6 Å². The number of hydrogen-bond donors (Lipinski definition) is 2. The monoisotopic (exact) mass is 234 g/mol. The van der Waals surface area contributed by atoms with Crippen LogP contribution in [-0.4, -0.2) is 32.8 Å². The number of rotatable bonds is 1. The fraction of sp³-hybridized carbons (Fsp3) is 0.500. The molecule has 0 radical (unpaired) electrons. The second kappa shape index (κ2) is 3.85. The van der Waals surface area contributed by atoms with E-state index in [4.69, 9.17) is 16.2 Å². The average Bonchev–Trinajstić information content (AvgIpc) is 2.74. The van der Waals surface area contributed by atoms with Gasteiger partial charge in [-0.05, 0) is 12.8 Å². The molecule has 0 amide bonds. The summed E-state index contributed by atoms with van der Waals surface area (Å²) in [5, 5.41) is 4.43. The Labute approximate surface area is 97.8 Å². The molecular formula is C10H14N6O. The summed E-state index contributed by atoms with van der Waals surface area (Å²) in [7, 11) is 0. The lowest BCUT2D eigenvalue weighted by Gasteiger charge is -2.19. The van der Waals surface area contributed by atoms with Gasteiger partial charge >= 0.3 is 0 Å². The topological polar surface area (TPSA) is 104 Å². The normalized spacial score (nSPS) is 17.6. The number of nitrogens with two attached hydrogens (primary N) is 2. The van der Waals surface area contributed by atoms with Crippen LogP contribution in [0.4, 0.5) is 11.9 Å². The highest BCUT2D eigenvalue weighted by molar-refractivity contribution is 5.48. The molecule has 0 aromatic carbocycles. The Balaban J connectivity index is 2.03. The lowest BCUT2D eigenvalue weighted by atomic mass is 9.97. The summed E-state index contributed by atoms with van der Waals surface area (Å²) < 4.78 is 6.86. The second-order valence-corrected chi connectivity index (χ2v) is 4.17. The number of anilines is 2. The van der Waals surface area contributed by atoms with Crippen molar-refractivity contribution in [3.63, 3.8) is 0 Å². The third-order valence-corrected chi connectivity index (χ3v) is 3.02. The van der Waals surface area contributed by atoms with Crippen LogP contribution < -0.4 is 11.5 Å². The van der Waals surface area contributed by atoms with Crippen LogP contribution in [0, 0.1) is 0 Å². The van der Waals surface area contributed by atoms with Gasteiger partial charge in [-0.3, -0.25) is 0 Å². The number of ether oxygens (including phenoxy) is 1. The molecule has 7 nitrogen and oxygen atoms in total. The first-order valence-corrected chi connectivity index (χ1v) is 5.60. The van der Waals surface area contributed by atoms with E-state index in [-0.39, 0.29) is 11.9 Å². The Kier molecular flexibility index (Phi) is 2.32. The van der Waals surface area contributed by atoms with Crippen molar-refractivity contribution in [3.8, 4) is 0 Å². The minimum atomic E-state index is 0.174. The molecule has 2 aromatic rings. The lowest BCUT2D eigenvalue weighted by Crippen LogP contribution is -2.14. The van der Waals surface area contributed by atoms with Crippen LogP contribution >= 0.6 is 0 Å². The Morgan fingerprint density at radius 2 is 2.00 bits per heavy atom. The summed E-state index contributed by atoms with van der Waals surface area (Å²) in [6.07, 6.45) is 1.96. The van der Waals surface area contributed by atoms with Gasteiger partial charge in [-0.25, -0.2) is 0 Å². The zero-order valence-electron chi connectivity index (χ0n) is 9.33. The first-order valence-electron chi connectivity index (χ1n) is 5.60. The smallest absolute Gasteiger partial charge is 0.226 e. The van der Waals surface area contributed by atoms with Crippen molar-refractivity contribution in [1.29, 1.82) is 0 Å². The third kappa shape index (κ3) is 1.78. The van der Waals surface area contributed by atoms with Crippen LogP contribution in [-0.2, 0) is 4.74 Å². The maximum atomic E-state index is 5.74. The van der Waals surface area contributed by atoms with Crippen LogP contribution in [0.3, 0.4) is 0 Å². The number of fused-ring (bicyclic) bond motifs is 1. The van der Waals surface area contributed by atoms with E-state index in [1.807, 2.05) is 6.07 Å². The van der Waals surface area contributed by atoms with E-state index in [2.05, 4.69) is 15.1 Å². The van der Waals surface area contributed by atoms with Crippen LogP contribution in [0.25, 0.3) is 5.65 Å². The summed E-state index contributed by atoms with van der Waals surface area (Å²) in [5.74, 6) is 0.852. The summed E-state index contributed by atoms with van der Waals surface area (Å²) in [4.78, 5) is 7.99. The van der Waals surface area contributed by atoms with Gasteiger partial charge in [-0.2, -0.15) is 19.6 Å². The minimum Gasteiger partial charge on any atom is -0.381 e. The predicted molar refractivity (Wildman–Crippen MR) is 62.4 cm³/mol. The fourth-order valence-electron chi connectivity index (χ4n) is 2.14. The van der Waals surface area contributed by atoms with Crippen molar-refractivity contribution in [2.24, 2.45) is 0 Å². The SMILES string of the molecule is Nc1nc(N)n2nc(C3CCOCC3)cc2n1. The Morgan fingerprint density at radius 3 is 2.76 bits per heavy atom. The van der Waals surface area contributed by atoms with Crippen molar-refractivity contribution >= 4 is 17.5 Å². The van der Waals surface area contributed by atoms with Gasteiger partial charge < -0.3 is 16.2 Å². The average molecular weight is 234 g/mol. The molecule has 1 aliphatic heterocycles. The fourth-order valence-corrected chi connectivity index (χ4v) is 2.14. The molecule has 90 valence electrons. The van der Waals surface area contributed by atoms with Gasteiger partial charge in [0.05, 0.1) is 5.69 Å². The Hall–Kier alpha value is -1.89. The maximum Gasteiger partial charge on any atom is 0.226 e. The molecule has 3 rings (SSSR count). The van der Waals surface area contributed by atoms with Gasteiger partial charge in [0.2, 0.25) is 11.9 Å². The molecule has 0 bridgehead atoms. The number of aromatic nitrogens is 4. The van der Waals surface area contributed by atoms with Gasteiger partial charge in [0, 0.05) is 25.2 Å². The number of nitrogen functional groups attached to an aromatic ring is 2. The van der Waals surface area contributed by atoms with Gasteiger partial charge in [0.25, 0.3) is 0 Å².